The highest BCUT2D eigenvalue weighted by Crippen LogP contribution is 2.23. The molecule has 0 spiro atoms. The molecule has 178 valence electrons. The second kappa shape index (κ2) is 12.4. The minimum Gasteiger partial charge on any atom is -0.494 e. The van der Waals surface area contributed by atoms with Gasteiger partial charge >= 0.3 is 0 Å². The third-order valence-corrected chi connectivity index (χ3v) is 6.10. The summed E-state index contributed by atoms with van der Waals surface area (Å²) in [5.74, 6) is 2.77. The maximum absolute atomic E-state index is 9.48. The van der Waals surface area contributed by atoms with E-state index in [1.165, 1.54) is 34.7 Å². The fourth-order valence-corrected chi connectivity index (χ4v) is 4.31. The first-order valence-corrected chi connectivity index (χ1v) is 12.3. The lowest BCUT2D eigenvalue weighted by Crippen LogP contribution is -2.25. The van der Waals surface area contributed by atoms with E-state index in [0.29, 0.717) is 13.1 Å². The zero-order valence-corrected chi connectivity index (χ0v) is 20.1. The summed E-state index contributed by atoms with van der Waals surface area (Å²) < 4.78 is 11.7. The Hall–Kier alpha value is -3.08. The van der Waals surface area contributed by atoms with Crippen LogP contribution in [0.25, 0.3) is 10.8 Å². The van der Waals surface area contributed by atoms with Crippen LogP contribution in [-0.2, 0) is 19.5 Å². The molecule has 0 saturated heterocycles. The molecule has 0 aliphatic heterocycles. The number of rotatable bonds is 13. The molecule has 4 aromatic rings. The lowest BCUT2D eigenvalue weighted by atomic mass is 10.1. The minimum absolute atomic E-state index is 0.125. The van der Waals surface area contributed by atoms with Crippen molar-refractivity contribution in [2.24, 2.45) is 0 Å². The lowest BCUT2D eigenvalue weighted by Gasteiger charge is -2.20. The number of aryl methyl sites for hydroxylation is 2. The van der Waals surface area contributed by atoms with Crippen molar-refractivity contribution >= 4 is 10.8 Å². The minimum atomic E-state index is 0.125. The Bertz CT molecular complexity index is 1150. The summed E-state index contributed by atoms with van der Waals surface area (Å²) in [5, 5.41) is 11.9. The Morgan fingerprint density at radius 3 is 2.41 bits per heavy atom. The van der Waals surface area contributed by atoms with Gasteiger partial charge in [-0.1, -0.05) is 48.5 Å². The third kappa shape index (κ3) is 7.21. The number of hydrogen-bond acceptors (Lipinski definition) is 4. The van der Waals surface area contributed by atoms with Gasteiger partial charge in [0.25, 0.3) is 0 Å². The number of aliphatic hydroxyl groups is 1. The van der Waals surface area contributed by atoms with Crippen molar-refractivity contribution in [2.75, 3.05) is 19.8 Å². The standard InChI is InChI=1S/C30H35NO3/c1-24-11-15-30(34-24)23-31(17-18-32)22-26-12-13-28-21-29(16-14-27(28)20-26)33-19-7-3-6-10-25-8-4-2-5-9-25/h2,4-5,8-9,11-16,20-21,32H,3,6-7,10,17-19,22-23H2,1H3. The van der Waals surface area contributed by atoms with E-state index in [9.17, 15) is 5.11 Å². The quantitative estimate of drug-likeness (QED) is 0.232. The first-order valence-electron chi connectivity index (χ1n) is 12.3. The van der Waals surface area contributed by atoms with Gasteiger partial charge in [-0.15, -0.1) is 0 Å². The van der Waals surface area contributed by atoms with Crippen LogP contribution in [0.15, 0.2) is 83.3 Å². The van der Waals surface area contributed by atoms with Crippen LogP contribution < -0.4 is 4.74 Å². The van der Waals surface area contributed by atoms with Crippen LogP contribution in [0.5, 0.6) is 5.75 Å². The molecule has 4 rings (SSSR count). The van der Waals surface area contributed by atoms with Gasteiger partial charge in [0, 0.05) is 13.1 Å². The highest BCUT2D eigenvalue weighted by atomic mass is 16.5. The molecule has 0 atom stereocenters. The van der Waals surface area contributed by atoms with Crippen molar-refractivity contribution in [2.45, 2.75) is 45.7 Å². The van der Waals surface area contributed by atoms with Gasteiger partial charge in [0.1, 0.15) is 17.3 Å². The normalized spacial score (nSPS) is 11.4. The van der Waals surface area contributed by atoms with Crippen molar-refractivity contribution in [3.05, 3.63) is 102 Å². The molecule has 0 aliphatic rings. The molecule has 1 aromatic heterocycles. The Labute approximate surface area is 202 Å². The topological polar surface area (TPSA) is 45.8 Å². The molecule has 0 bridgehead atoms. The van der Waals surface area contributed by atoms with Crippen LogP contribution >= 0.6 is 0 Å². The second-order valence-electron chi connectivity index (χ2n) is 8.93. The Kier molecular flexibility index (Phi) is 8.78. The zero-order valence-electron chi connectivity index (χ0n) is 20.1. The zero-order chi connectivity index (χ0) is 23.6. The number of furan rings is 1. The molecule has 1 heterocycles. The van der Waals surface area contributed by atoms with Crippen LogP contribution in [0.4, 0.5) is 0 Å². The van der Waals surface area contributed by atoms with Gasteiger partial charge in [0.2, 0.25) is 0 Å². The summed E-state index contributed by atoms with van der Waals surface area (Å²) in [6.45, 7) is 4.88. The van der Waals surface area contributed by atoms with E-state index in [4.69, 9.17) is 9.15 Å². The molecule has 4 heteroatoms. The van der Waals surface area contributed by atoms with E-state index >= 15 is 0 Å². The summed E-state index contributed by atoms with van der Waals surface area (Å²) in [5.41, 5.74) is 2.63. The van der Waals surface area contributed by atoms with E-state index in [-0.39, 0.29) is 6.61 Å². The van der Waals surface area contributed by atoms with Crippen molar-refractivity contribution in [3.63, 3.8) is 0 Å². The number of ether oxygens (including phenoxy) is 1. The Morgan fingerprint density at radius 1 is 0.794 bits per heavy atom. The van der Waals surface area contributed by atoms with Crippen LogP contribution in [0, 0.1) is 6.92 Å². The Morgan fingerprint density at radius 2 is 1.62 bits per heavy atom. The summed E-state index contributed by atoms with van der Waals surface area (Å²) in [4.78, 5) is 2.20. The van der Waals surface area contributed by atoms with Crippen LogP contribution in [0.2, 0.25) is 0 Å². The third-order valence-electron chi connectivity index (χ3n) is 6.10. The van der Waals surface area contributed by atoms with Crippen LogP contribution in [0.1, 0.15) is 41.9 Å². The number of hydrogen-bond donors (Lipinski definition) is 1. The molecule has 1 N–H and O–H groups in total. The van der Waals surface area contributed by atoms with Gasteiger partial charge in [-0.3, -0.25) is 4.90 Å². The van der Waals surface area contributed by atoms with E-state index in [0.717, 1.165) is 43.3 Å². The van der Waals surface area contributed by atoms with Gasteiger partial charge in [-0.2, -0.15) is 0 Å². The average Bonchev–Trinajstić information content (AvgIpc) is 3.26. The number of nitrogens with zero attached hydrogens (tertiary/aromatic N) is 1. The highest BCUT2D eigenvalue weighted by Gasteiger charge is 2.10. The molecule has 0 saturated carbocycles. The summed E-state index contributed by atoms with van der Waals surface area (Å²) in [6, 6.07) is 27.5. The maximum atomic E-state index is 9.48. The van der Waals surface area contributed by atoms with E-state index in [1.807, 2.05) is 19.1 Å². The van der Waals surface area contributed by atoms with Gasteiger partial charge in [0.05, 0.1) is 19.8 Å². The van der Waals surface area contributed by atoms with Gasteiger partial charge in [0.15, 0.2) is 0 Å². The second-order valence-corrected chi connectivity index (χ2v) is 8.93. The predicted octanol–water partition coefficient (Wildman–Crippen LogP) is 6.53. The smallest absolute Gasteiger partial charge is 0.119 e. The number of unbranched alkanes of at least 4 members (excludes halogenated alkanes) is 2. The molecular formula is C30H35NO3. The van der Waals surface area contributed by atoms with Gasteiger partial charge < -0.3 is 14.3 Å². The van der Waals surface area contributed by atoms with Crippen LogP contribution in [-0.4, -0.2) is 29.8 Å². The molecule has 4 nitrogen and oxygen atoms in total. The van der Waals surface area contributed by atoms with Crippen molar-refractivity contribution in [1.82, 2.24) is 4.90 Å². The fraction of sp³-hybridized carbons (Fsp3) is 0.333. The number of aliphatic hydroxyl groups excluding tert-OH is 1. The van der Waals surface area contributed by atoms with Gasteiger partial charge in [-0.05, 0) is 84.8 Å². The summed E-state index contributed by atoms with van der Waals surface area (Å²) in [7, 11) is 0. The predicted molar refractivity (Wildman–Crippen MR) is 138 cm³/mol. The summed E-state index contributed by atoms with van der Waals surface area (Å²) in [6.07, 6.45) is 4.57. The average molecular weight is 458 g/mol. The fourth-order valence-electron chi connectivity index (χ4n) is 4.31. The first kappa shape index (κ1) is 24.1. The number of benzene rings is 3. The SMILES string of the molecule is Cc1ccc(CN(CCO)Cc2ccc3cc(OCCCCCc4ccccc4)ccc3c2)o1. The van der Waals surface area contributed by atoms with Crippen LogP contribution in [0.3, 0.4) is 0 Å². The van der Waals surface area contributed by atoms with Gasteiger partial charge in [-0.25, -0.2) is 0 Å². The van der Waals surface area contributed by atoms with E-state index in [2.05, 4.69) is 71.6 Å². The van der Waals surface area contributed by atoms with E-state index < -0.39 is 0 Å². The molecule has 0 unspecified atom stereocenters. The molecule has 0 fully saturated rings. The molecular weight excluding hydrogens is 422 g/mol. The Balaban J connectivity index is 1.27. The molecule has 34 heavy (non-hydrogen) atoms. The van der Waals surface area contributed by atoms with Crippen molar-refractivity contribution < 1.29 is 14.3 Å². The molecule has 0 radical (unpaired) electrons. The lowest BCUT2D eigenvalue weighted by molar-refractivity contribution is 0.174. The van der Waals surface area contributed by atoms with E-state index in [1.54, 1.807) is 0 Å². The molecule has 0 amide bonds. The first-order chi connectivity index (χ1) is 16.7. The maximum Gasteiger partial charge on any atom is 0.119 e. The highest BCUT2D eigenvalue weighted by molar-refractivity contribution is 5.84. The molecule has 3 aromatic carbocycles. The van der Waals surface area contributed by atoms with Crippen molar-refractivity contribution in [1.29, 1.82) is 0 Å². The van der Waals surface area contributed by atoms with Crippen molar-refractivity contribution in [3.8, 4) is 5.75 Å². The monoisotopic (exact) mass is 457 g/mol. The number of fused-ring (bicyclic) bond motifs is 1. The summed E-state index contributed by atoms with van der Waals surface area (Å²) >= 11 is 0. The largest absolute Gasteiger partial charge is 0.494 e. The molecule has 0 aliphatic carbocycles.